The van der Waals surface area contributed by atoms with Gasteiger partial charge in [-0.25, -0.2) is 0 Å². The lowest BCUT2D eigenvalue weighted by Gasteiger charge is -2.04. The van der Waals surface area contributed by atoms with Gasteiger partial charge in [0, 0.05) is 23.5 Å². The Morgan fingerprint density at radius 2 is 1.04 bits per heavy atom. The van der Waals surface area contributed by atoms with Crippen LogP contribution in [-0.2, 0) is 9.59 Å². The molecule has 0 bridgehead atoms. The molecule has 0 aromatic heterocycles. The van der Waals surface area contributed by atoms with Gasteiger partial charge in [0.05, 0.1) is 20.1 Å². The summed E-state index contributed by atoms with van der Waals surface area (Å²) in [5.74, 6) is -0.977. The number of hydrogen-bond acceptors (Lipinski definition) is 2. The summed E-state index contributed by atoms with van der Waals surface area (Å²) in [6, 6.07) is 9.31. The Labute approximate surface area is 158 Å². The maximum atomic E-state index is 11.8. The summed E-state index contributed by atoms with van der Waals surface area (Å²) in [6.45, 7) is 0. The molecule has 2 aromatic rings. The van der Waals surface area contributed by atoms with Gasteiger partial charge in [-0.15, -0.1) is 0 Å². The van der Waals surface area contributed by atoms with E-state index in [-0.39, 0.29) is 0 Å². The highest BCUT2D eigenvalue weighted by molar-refractivity contribution is 6.42. The SMILES string of the molecule is O=C(/C=C/C(=O)Nc1ccc(Cl)c(Cl)c1)Nc1ccc(Cl)c(Cl)c1. The minimum Gasteiger partial charge on any atom is -0.322 e. The number of nitrogens with one attached hydrogen (secondary N) is 2. The van der Waals surface area contributed by atoms with Gasteiger partial charge in [0.15, 0.2) is 0 Å². The van der Waals surface area contributed by atoms with Crippen LogP contribution >= 0.6 is 46.4 Å². The van der Waals surface area contributed by atoms with Crippen LogP contribution in [0.2, 0.25) is 20.1 Å². The van der Waals surface area contributed by atoms with Crippen LogP contribution < -0.4 is 10.6 Å². The summed E-state index contributed by atoms with van der Waals surface area (Å²) >= 11 is 23.3. The van der Waals surface area contributed by atoms with Gasteiger partial charge in [-0.05, 0) is 36.4 Å². The van der Waals surface area contributed by atoms with Crippen LogP contribution in [-0.4, -0.2) is 11.8 Å². The molecule has 24 heavy (non-hydrogen) atoms. The lowest BCUT2D eigenvalue weighted by Crippen LogP contribution is -2.12. The summed E-state index contributed by atoms with van der Waals surface area (Å²) in [5.41, 5.74) is 0.924. The third kappa shape index (κ3) is 5.42. The highest BCUT2D eigenvalue weighted by atomic mass is 35.5. The molecule has 8 heteroatoms. The summed E-state index contributed by atoms with van der Waals surface area (Å²) in [7, 11) is 0. The van der Waals surface area contributed by atoms with Crippen molar-refractivity contribution < 1.29 is 9.59 Å². The molecular formula is C16H10Cl4N2O2. The van der Waals surface area contributed by atoms with Crippen molar-refractivity contribution in [2.75, 3.05) is 10.6 Å². The fourth-order valence-electron chi connectivity index (χ4n) is 1.67. The van der Waals surface area contributed by atoms with Crippen LogP contribution in [0, 0.1) is 0 Å². The summed E-state index contributed by atoms with van der Waals surface area (Å²) in [5, 5.41) is 6.51. The van der Waals surface area contributed by atoms with Crippen LogP contribution in [0.25, 0.3) is 0 Å². The van der Waals surface area contributed by atoms with Gasteiger partial charge in [-0.1, -0.05) is 46.4 Å². The molecule has 0 atom stereocenters. The van der Waals surface area contributed by atoms with Crippen LogP contribution in [0.15, 0.2) is 48.6 Å². The van der Waals surface area contributed by atoms with E-state index in [1.165, 1.54) is 12.1 Å². The minimum absolute atomic E-state index is 0.316. The minimum atomic E-state index is -0.488. The second-order valence-electron chi connectivity index (χ2n) is 4.57. The number of carbonyl (C=O) groups excluding carboxylic acids is 2. The molecule has 0 unspecified atom stereocenters. The predicted molar refractivity (Wildman–Crippen MR) is 99.3 cm³/mol. The van der Waals surface area contributed by atoms with E-state index >= 15 is 0 Å². The first-order chi connectivity index (χ1) is 11.3. The standard InChI is InChI=1S/C16H10Cl4N2O2/c17-11-3-1-9(7-13(11)19)21-15(23)5-6-16(24)22-10-2-4-12(18)14(20)8-10/h1-8H,(H,21,23)(H,22,24)/b6-5+. The van der Waals surface area contributed by atoms with Crippen molar-refractivity contribution >= 4 is 69.6 Å². The molecule has 0 fully saturated rings. The molecule has 0 spiro atoms. The van der Waals surface area contributed by atoms with Gasteiger partial charge in [0.25, 0.3) is 0 Å². The smallest absolute Gasteiger partial charge is 0.248 e. The van der Waals surface area contributed by atoms with E-state index in [0.29, 0.717) is 31.5 Å². The largest absolute Gasteiger partial charge is 0.322 e. The molecule has 0 saturated carbocycles. The van der Waals surface area contributed by atoms with Gasteiger partial charge < -0.3 is 10.6 Å². The van der Waals surface area contributed by atoms with Gasteiger partial charge in [0.2, 0.25) is 11.8 Å². The van der Waals surface area contributed by atoms with E-state index in [0.717, 1.165) is 12.2 Å². The maximum Gasteiger partial charge on any atom is 0.248 e. The molecule has 0 aliphatic rings. The summed E-state index contributed by atoms with van der Waals surface area (Å²) in [6.07, 6.45) is 2.19. The molecule has 124 valence electrons. The third-order valence-corrected chi connectivity index (χ3v) is 4.24. The van der Waals surface area contributed by atoms with Gasteiger partial charge >= 0.3 is 0 Å². The van der Waals surface area contributed by atoms with Crippen molar-refractivity contribution in [3.05, 3.63) is 68.6 Å². The Hall–Kier alpha value is -1.72. The van der Waals surface area contributed by atoms with E-state index in [4.69, 9.17) is 46.4 Å². The fourth-order valence-corrected chi connectivity index (χ4v) is 2.26. The van der Waals surface area contributed by atoms with Crippen LogP contribution in [0.1, 0.15) is 0 Å². The molecule has 0 saturated heterocycles. The first-order valence-corrected chi connectivity index (χ1v) is 8.06. The predicted octanol–water partition coefficient (Wildman–Crippen LogP) is 5.43. The van der Waals surface area contributed by atoms with Crippen molar-refractivity contribution in [3.8, 4) is 0 Å². The second kappa shape index (κ2) is 8.40. The monoisotopic (exact) mass is 402 g/mol. The molecule has 2 aromatic carbocycles. The van der Waals surface area contributed by atoms with Gasteiger partial charge in [-0.2, -0.15) is 0 Å². The van der Waals surface area contributed by atoms with Crippen molar-refractivity contribution in [3.63, 3.8) is 0 Å². The topological polar surface area (TPSA) is 58.2 Å². The number of hydrogen-bond donors (Lipinski definition) is 2. The van der Waals surface area contributed by atoms with E-state index in [1.807, 2.05) is 0 Å². The molecule has 0 heterocycles. The Kier molecular flexibility index (Phi) is 6.52. The third-order valence-electron chi connectivity index (χ3n) is 2.76. The van der Waals surface area contributed by atoms with Crippen LogP contribution in [0.5, 0.6) is 0 Å². The van der Waals surface area contributed by atoms with Gasteiger partial charge in [0.1, 0.15) is 0 Å². The number of rotatable bonds is 4. The van der Waals surface area contributed by atoms with Crippen molar-refractivity contribution in [2.45, 2.75) is 0 Å². The quantitative estimate of drug-likeness (QED) is 0.668. The molecular weight excluding hydrogens is 394 g/mol. The second-order valence-corrected chi connectivity index (χ2v) is 6.20. The summed E-state index contributed by atoms with van der Waals surface area (Å²) < 4.78 is 0. The lowest BCUT2D eigenvalue weighted by molar-refractivity contribution is -0.114. The van der Waals surface area contributed by atoms with E-state index in [1.54, 1.807) is 24.3 Å². The zero-order valence-corrected chi connectivity index (χ0v) is 15.0. The Morgan fingerprint density at radius 1 is 0.667 bits per heavy atom. The lowest BCUT2D eigenvalue weighted by atomic mass is 10.3. The highest BCUT2D eigenvalue weighted by Gasteiger charge is 2.04. The fraction of sp³-hybridized carbons (Fsp3) is 0. The molecule has 0 aliphatic carbocycles. The van der Waals surface area contributed by atoms with Gasteiger partial charge in [-0.3, -0.25) is 9.59 Å². The summed E-state index contributed by atoms with van der Waals surface area (Å²) in [4.78, 5) is 23.5. The molecule has 4 nitrogen and oxygen atoms in total. The highest BCUT2D eigenvalue weighted by Crippen LogP contribution is 2.25. The van der Waals surface area contributed by atoms with E-state index in [2.05, 4.69) is 10.6 Å². The first-order valence-electron chi connectivity index (χ1n) is 6.55. The molecule has 2 N–H and O–H groups in total. The number of amides is 2. The van der Waals surface area contributed by atoms with Crippen molar-refractivity contribution in [2.24, 2.45) is 0 Å². The number of carbonyl (C=O) groups is 2. The average Bonchev–Trinajstić information content (AvgIpc) is 2.53. The molecule has 0 aliphatic heterocycles. The van der Waals surface area contributed by atoms with E-state index < -0.39 is 11.8 Å². The van der Waals surface area contributed by atoms with Crippen LogP contribution in [0.3, 0.4) is 0 Å². The molecule has 0 radical (unpaired) electrons. The Balaban J connectivity index is 1.93. The number of anilines is 2. The normalized spacial score (nSPS) is 10.7. The Morgan fingerprint density at radius 3 is 1.38 bits per heavy atom. The van der Waals surface area contributed by atoms with Crippen LogP contribution in [0.4, 0.5) is 11.4 Å². The number of benzene rings is 2. The number of halogens is 4. The average molecular weight is 404 g/mol. The zero-order valence-electron chi connectivity index (χ0n) is 11.9. The Bertz CT molecular complexity index is 754. The van der Waals surface area contributed by atoms with Crippen molar-refractivity contribution in [1.82, 2.24) is 0 Å². The first kappa shape index (κ1) is 18.6. The van der Waals surface area contributed by atoms with E-state index in [9.17, 15) is 9.59 Å². The zero-order chi connectivity index (χ0) is 17.7. The molecule has 2 rings (SSSR count). The molecule has 2 amide bonds. The van der Waals surface area contributed by atoms with Crippen molar-refractivity contribution in [1.29, 1.82) is 0 Å². The maximum absolute atomic E-state index is 11.8.